The van der Waals surface area contributed by atoms with Gasteiger partial charge in [0, 0.05) is 42.6 Å². The Bertz CT molecular complexity index is 812. The minimum absolute atomic E-state index is 0.104. The van der Waals surface area contributed by atoms with Crippen molar-refractivity contribution in [3.8, 4) is 0 Å². The Kier molecular flexibility index (Phi) is 4.91. The number of carbonyl (C=O) groups excluding carboxylic acids is 1. The molecular formula is C17H19N5OS2. The zero-order valence-electron chi connectivity index (χ0n) is 13.7. The van der Waals surface area contributed by atoms with E-state index in [1.807, 2.05) is 6.20 Å². The minimum Gasteiger partial charge on any atom is -0.351 e. The topological polar surface area (TPSA) is 63.1 Å². The van der Waals surface area contributed by atoms with Gasteiger partial charge in [-0.25, -0.2) is 4.98 Å². The molecule has 0 aliphatic carbocycles. The Morgan fingerprint density at radius 2 is 2.36 bits per heavy atom. The highest BCUT2D eigenvalue weighted by Gasteiger charge is 2.25. The van der Waals surface area contributed by atoms with Crippen molar-refractivity contribution in [3.05, 3.63) is 56.9 Å². The number of hydrogen-bond acceptors (Lipinski definition) is 6. The quantitative estimate of drug-likeness (QED) is 0.722. The second kappa shape index (κ2) is 7.47. The first-order chi connectivity index (χ1) is 12.3. The number of rotatable bonds is 6. The van der Waals surface area contributed by atoms with Crippen LogP contribution >= 0.6 is 22.7 Å². The summed E-state index contributed by atoms with van der Waals surface area (Å²) >= 11 is 3.23. The first-order valence-corrected chi connectivity index (χ1v) is 10.1. The lowest BCUT2D eigenvalue weighted by Crippen LogP contribution is -2.38. The first kappa shape index (κ1) is 16.4. The van der Waals surface area contributed by atoms with Gasteiger partial charge in [-0.2, -0.15) is 5.10 Å². The zero-order chi connectivity index (χ0) is 17.1. The van der Waals surface area contributed by atoms with Gasteiger partial charge >= 0.3 is 0 Å². The summed E-state index contributed by atoms with van der Waals surface area (Å²) in [4.78, 5) is 19.9. The lowest BCUT2D eigenvalue weighted by Gasteiger charge is -2.33. The summed E-state index contributed by atoms with van der Waals surface area (Å²) in [6.07, 6.45) is 2.72. The number of nitrogens with zero attached hydrogens (tertiary/aromatic N) is 4. The molecule has 8 heteroatoms. The third kappa shape index (κ3) is 3.81. The van der Waals surface area contributed by atoms with E-state index in [1.165, 1.54) is 21.9 Å². The maximum atomic E-state index is 12.0. The van der Waals surface area contributed by atoms with E-state index in [0.29, 0.717) is 12.2 Å². The summed E-state index contributed by atoms with van der Waals surface area (Å²) in [6.45, 7) is 3.44. The molecule has 3 aromatic heterocycles. The fraction of sp³-hybridized carbons (Fsp3) is 0.353. The SMILES string of the molecule is O=C(NCC[C@@H]1CN(Cc2cccs2)Cc2ccnn21)c1cscn1. The number of nitrogens with one attached hydrogen (secondary N) is 1. The van der Waals surface area contributed by atoms with E-state index in [2.05, 4.69) is 48.6 Å². The number of carbonyl (C=O) groups is 1. The van der Waals surface area contributed by atoms with Crippen LogP contribution in [-0.2, 0) is 13.1 Å². The minimum atomic E-state index is -0.104. The Morgan fingerprint density at radius 3 is 3.16 bits per heavy atom. The third-order valence-electron chi connectivity index (χ3n) is 4.34. The number of aromatic nitrogens is 3. The molecule has 0 spiro atoms. The fourth-order valence-electron chi connectivity index (χ4n) is 3.19. The number of thiazole rings is 1. The van der Waals surface area contributed by atoms with Crippen molar-refractivity contribution in [1.29, 1.82) is 0 Å². The lowest BCUT2D eigenvalue weighted by molar-refractivity contribution is 0.0942. The van der Waals surface area contributed by atoms with Gasteiger partial charge in [-0.1, -0.05) is 6.07 Å². The normalized spacial score (nSPS) is 17.4. The number of fused-ring (bicyclic) bond motifs is 1. The van der Waals surface area contributed by atoms with Crippen LogP contribution in [0.2, 0.25) is 0 Å². The van der Waals surface area contributed by atoms with Gasteiger partial charge in [0.25, 0.3) is 5.91 Å². The van der Waals surface area contributed by atoms with Crippen LogP contribution in [0.4, 0.5) is 0 Å². The van der Waals surface area contributed by atoms with Crippen molar-refractivity contribution in [2.24, 2.45) is 0 Å². The van der Waals surface area contributed by atoms with Crippen molar-refractivity contribution in [2.75, 3.05) is 13.1 Å². The van der Waals surface area contributed by atoms with Crippen LogP contribution in [0.1, 0.15) is 33.5 Å². The molecule has 6 nitrogen and oxygen atoms in total. The van der Waals surface area contributed by atoms with Crippen LogP contribution in [0.5, 0.6) is 0 Å². The van der Waals surface area contributed by atoms with Crippen LogP contribution in [0.15, 0.2) is 40.7 Å². The smallest absolute Gasteiger partial charge is 0.270 e. The van der Waals surface area contributed by atoms with Crippen LogP contribution in [0.25, 0.3) is 0 Å². The average Bonchev–Trinajstić information content (AvgIpc) is 3.36. The van der Waals surface area contributed by atoms with E-state index in [-0.39, 0.29) is 11.9 Å². The maximum absolute atomic E-state index is 12.0. The lowest BCUT2D eigenvalue weighted by atomic mass is 10.1. The Balaban J connectivity index is 1.37. The molecule has 0 unspecified atom stereocenters. The van der Waals surface area contributed by atoms with E-state index >= 15 is 0 Å². The van der Waals surface area contributed by atoms with Gasteiger partial charge in [0.05, 0.1) is 17.2 Å². The molecule has 4 heterocycles. The second-order valence-electron chi connectivity index (χ2n) is 6.09. The van der Waals surface area contributed by atoms with E-state index in [4.69, 9.17) is 0 Å². The molecule has 1 aliphatic heterocycles. The van der Waals surface area contributed by atoms with Gasteiger partial charge < -0.3 is 5.32 Å². The van der Waals surface area contributed by atoms with Crippen molar-refractivity contribution < 1.29 is 4.79 Å². The summed E-state index contributed by atoms with van der Waals surface area (Å²) in [5, 5.41) is 11.3. The van der Waals surface area contributed by atoms with Crippen molar-refractivity contribution in [1.82, 2.24) is 25.0 Å². The Morgan fingerprint density at radius 1 is 1.40 bits per heavy atom. The van der Waals surface area contributed by atoms with Gasteiger partial charge in [0.2, 0.25) is 0 Å². The number of hydrogen-bond donors (Lipinski definition) is 1. The van der Waals surface area contributed by atoms with Gasteiger partial charge in [-0.05, 0) is 23.9 Å². The molecular weight excluding hydrogens is 354 g/mol. The van der Waals surface area contributed by atoms with Crippen LogP contribution < -0.4 is 5.32 Å². The predicted molar refractivity (Wildman–Crippen MR) is 98.8 cm³/mol. The van der Waals surface area contributed by atoms with Crippen molar-refractivity contribution >= 4 is 28.6 Å². The molecule has 1 atom stereocenters. The molecule has 0 radical (unpaired) electrons. The second-order valence-corrected chi connectivity index (χ2v) is 7.84. The van der Waals surface area contributed by atoms with Crippen LogP contribution in [0.3, 0.4) is 0 Å². The summed E-state index contributed by atoms with van der Waals surface area (Å²) in [5.41, 5.74) is 3.40. The Hall–Kier alpha value is -2.03. The standard InChI is InChI=1S/C17H19N5OS2/c23-17(16-11-24-12-19-16)18-5-3-13-8-21(10-15-2-1-7-25-15)9-14-4-6-20-22(13)14/h1-2,4,6-7,11-13H,3,5,8-10H2,(H,18,23)/t13-/m1/s1. The summed E-state index contributed by atoms with van der Waals surface area (Å²) in [7, 11) is 0. The molecule has 1 amide bonds. The molecule has 25 heavy (non-hydrogen) atoms. The molecule has 1 N–H and O–H groups in total. The molecule has 0 fully saturated rings. The zero-order valence-corrected chi connectivity index (χ0v) is 15.3. The first-order valence-electron chi connectivity index (χ1n) is 8.23. The molecule has 0 aromatic carbocycles. The van der Waals surface area contributed by atoms with E-state index in [0.717, 1.165) is 26.1 Å². The fourth-order valence-corrected chi connectivity index (χ4v) is 4.47. The van der Waals surface area contributed by atoms with Crippen molar-refractivity contribution in [3.63, 3.8) is 0 Å². The van der Waals surface area contributed by atoms with E-state index in [9.17, 15) is 4.79 Å². The van der Waals surface area contributed by atoms with E-state index < -0.39 is 0 Å². The summed E-state index contributed by atoms with van der Waals surface area (Å²) in [5.74, 6) is -0.104. The van der Waals surface area contributed by atoms with E-state index in [1.54, 1.807) is 22.2 Å². The van der Waals surface area contributed by atoms with Crippen LogP contribution in [-0.4, -0.2) is 38.7 Å². The average molecular weight is 374 g/mol. The number of thiophene rings is 1. The third-order valence-corrected chi connectivity index (χ3v) is 5.79. The largest absolute Gasteiger partial charge is 0.351 e. The van der Waals surface area contributed by atoms with Gasteiger partial charge in [0.15, 0.2) is 0 Å². The highest BCUT2D eigenvalue weighted by Crippen LogP contribution is 2.25. The molecule has 1 aliphatic rings. The molecule has 0 saturated heterocycles. The van der Waals surface area contributed by atoms with Crippen molar-refractivity contribution in [2.45, 2.75) is 25.6 Å². The monoisotopic (exact) mass is 373 g/mol. The summed E-state index contributed by atoms with van der Waals surface area (Å²) in [6, 6.07) is 6.63. The Labute approximate surface area is 154 Å². The van der Waals surface area contributed by atoms with Crippen LogP contribution in [0, 0.1) is 0 Å². The number of amides is 1. The summed E-state index contributed by atoms with van der Waals surface area (Å²) < 4.78 is 2.11. The molecule has 0 saturated carbocycles. The van der Waals surface area contributed by atoms with Gasteiger partial charge in [-0.3, -0.25) is 14.4 Å². The maximum Gasteiger partial charge on any atom is 0.270 e. The molecule has 130 valence electrons. The molecule has 4 rings (SSSR count). The predicted octanol–water partition coefficient (Wildman–Crippen LogP) is 2.78. The molecule has 3 aromatic rings. The van der Waals surface area contributed by atoms with Gasteiger partial charge in [-0.15, -0.1) is 22.7 Å². The highest BCUT2D eigenvalue weighted by atomic mass is 32.1. The molecule has 0 bridgehead atoms. The van der Waals surface area contributed by atoms with Gasteiger partial charge in [0.1, 0.15) is 5.69 Å². The highest BCUT2D eigenvalue weighted by molar-refractivity contribution is 7.09.